The van der Waals surface area contributed by atoms with Gasteiger partial charge in [-0.2, -0.15) is 0 Å². The van der Waals surface area contributed by atoms with Gasteiger partial charge >= 0.3 is 0 Å². The minimum absolute atomic E-state index is 0.136. The number of hydrogen-bond acceptors (Lipinski definition) is 5. The Bertz CT molecular complexity index is 1140. The Morgan fingerprint density at radius 2 is 1.89 bits per heavy atom. The lowest BCUT2D eigenvalue weighted by Gasteiger charge is -2.40. The number of imidazole rings is 1. The fourth-order valence-corrected chi connectivity index (χ4v) is 4.38. The van der Waals surface area contributed by atoms with Gasteiger partial charge in [-0.1, -0.05) is 63.2 Å². The number of halogens is 1. The maximum Gasteiger partial charge on any atom is 0.249 e. The number of benzene rings is 2. The van der Waals surface area contributed by atoms with Gasteiger partial charge < -0.3 is 24.7 Å². The van der Waals surface area contributed by atoms with E-state index in [4.69, 9.17) is 20.2 Å². The molecular formula is C29H39FN4O3. The van der Waals surface area contributed by atoms with Crippen LogP contribution < -0.4 is 10.5 Å². The van der Waals surface area contributed by atoms with E-state index in [1.54, 1.807) is 12.0 Å². The molecule has 0 bridgehead atoms. The summed E-state index contributed by atoms with van der Waals surface area (Å²) < 4.78 is 27.6. The number of rotatable bonds is 12. The van der Waals surface area contributed by atoms with Crippen molar-refractivity contribution in [1.29, 1.82) is 0 Å². The van der Waals surface area contributed by atoms with Crippen molar-refractivity contribution >= 4 is 5.91 Å². The standard InChI is InChI=1S/C29H39FN4O3/c1-6-37-20-26(35)34(18-23(30)16-31)27(29(2,3)4)28-32-25(22-13-10-14-24(15-22)36-5)19-33(28)17-21-11-8-7-9-12-21/h7-15,19,23,27H,6,16-18,20,31H2,1-5H3/t23?,27-/m0/s1. The normalized spacial score (nSPS) is 13.3. The first kappa shape index (κ1) is 28.3. The van der Waals surface area contributed by atoms with E-state index in [0.29, 0.717) is 19.0 Å². The molecule has 0 aliphatic heterocycles. The highest BCUT2D eigenvalue weighted by atomic mass is 19.1. The largest absolute Gasteiger partial charge is 0.497 e. The van der Waals surface area contributed by atoms with Gasteiger partial charge in [0.25, 0.3) is 0 Å². The number of ether oxygens (including phenoxy) is 2. The third-order valence-corrected chi connectivity index (χ3v) is 6.15. The molecule has 3 aromatic rings. The number of aromatic nitrogens is 2. The Labute approximate surface area is 219 Å². The van der Waals surface area contributed by atoms with Crippen molar-refractivity contribution in [2.24, 2.45) is 11.1 Å². The SMILES string of the molecule is CCOCC(=O)N(CC(F)CN)[C@@H](c1nc(-c2cccc(OC)c2)cn1Cc1ccccc1)C(C)(C)C. The van der Waals surface area contributed by atoms with Gasteiger partial charge in [0.15, 0.2) is 0 Å². The average molecular weight is 511 g/mol. The molecule has 2 N–H and O–H groups in total. The zero-order chi connectivity index (χ0) is 27.0. The first-order chi connectivity index (χ1) is 17.7. The highest BCUT2D eigenvalue weighted by Gasteiger charge is 2.39. The van der Waals surface area contributed by atoms with Crippen LogP contribution in [0.3, 0.4) is 0 Å². The molecule has 2 aromatic carbocycles. The second-order valence-electron chi connectivity index (χ2n) is 10.1. The molecule has 8 heteroatoms. The van der Waals surface area contributed by atoms with Gasteiger partial charge in [-0.25, -0.2) is 9.37 Å². The number of nitrogens with two attached hydrogens (primary N) is 1. The van der Waals surface area contributed by atoms with Crippen LogP contribution in [0.25, 0.3) is 11.3 Å². The molecule has 0 radical (unpaired) electrons. The molecule has 3 rings (SSSR count). The Balaban J connectivity index is 2.18. The summed E-state index contributed by atoms with van der Waals surface area (Å²) >= 11 is 0. The minimum atomic E-state index is -1.37. The zero-order valence-corrected chi connectivity index (χ0v) is 22.5. The summed E-state index contributed by atoms with van der Waals surface area (Å²) in [6, 6.07) is 17.2. The molecule has 0 fully saturated rings. The Hall–Kier alpha value is -3.23. The Morgan fingerprint density at radius 3 is 2.51 bits per heavy atom. The predicted octanol–water partition coefficient (Wildman–Crippen LogP) is 4.86. The van der Waals surface area contributed by atoms with Crippen molar-refractivity contribution in [2.45, 2.75) is 46.5 Å². The number of carbonyl (C=O) groups excluding carboxylic acids is 1. The van der Waals surface area contributed by atoms with E-state index in [0.717, 1.165) is 22.6 Å². The van der Waals surface area contributed by atoms with Crippen molar-refractivity contribution in [3.05, 3.63) is 72.2 Å². The van der Waals surface area contributed by atoms with Crippen LogP contribution in [-0.4, -0.2) is 59.9 Å². The first-order valence-electron chi connectivity index (χ1n) is 12.6. The van der Waals surface area contributed by atoms with E-state index >= 15 is 0 Å². The van der Waals surface area contributed by atoms with Crippen LogP contribution in [0.2, 0.25) is 0 Å². The molecule has 0 saturated heterocycles. The van der Waals surface area contributed by atoms with Crippen LogP contribution in [0.15, 0.2) is 60.8 Å². The number of hydrogen-bond donors (Lipinski definition) is 1. The fourth-order valence-electron chi connectivity index (χ4n) is 4.38. The molecule has 1 amide bonds. The quantitative estimate of drug-likeness (QED) is 0.376. The second kappa shape index (κ2) is 12.8. The van der Waals surface area contributed by atoms with Gasteiger partial charge in [0.05, 0.1) is 25.4 Å². The number of alkyl halides is 1. The maximum absolute atomic E-state index is 14.7. The lowest BCUT2D eigenvalue weighted by molar-refractivity contribution is -0.142. The van der Waals surface area contributed by atoms with Crippen molar-refractivity contribution in [2.75, 3.05) is 33.4 Å². The molecule has 0 aliphatic carbocycles. The summed E-state index contributed by atoms with van der Waals surface area (Å²) in [5.74, 6) is 1.10. The molecule has 0 saturated carbocycles. The van der Waals surface area contributed by atoms with Crippen molar-refractivity contribution < 1.29 is 18.7 Å². The third kappa shape index (κ3) is 7.40. The highest BCUT2D eigenvalue weighted by Crippen LogP contribution is 2.39. The zero-order valence-electron chi connectivity index (χ0n) is 22.5. The smallest absolute Gasteiger partial charge is 0.249 e. The van der Waals surface area contributed by atoms with Crippen LogP contribution in [-0.2, 0) is 16.1 Å². The number of methoxy groups -OCH3 is 1. The minimum Gasteiger partial charge on any atom is -0.497 e. The van der Waals surface area contributed by atoms with Gasteiger partial charge in [-0.15, -0.1) is 0 Å². The topological polar surface area (TPSA) is 82.6 Å². The van der Waals surface area contributed by atoms with Gasteiger partial charge in [0, 0.05) is 31.5 Å². The molecule has 0 aliphatic rings. The summed E-state index contributed by atoms with van der Waals surface area (Å²) in [6.07, 6.45) is 0.613. The molecule has 200 valence electrons. The summed E-state index contributed by atoms with van der Waals surface area (Å²) in [6.45, 7) is 8.39. The monoisotopic (exact) mass is 510 g/mol. The first-order valence-corrected chi connectivity index (χ1v) is 12.6. The molecule has 7 nitrogen and oxygen atoms in total. The third-order valence-electron chi connectivity index (χ3n) is 6.15. The molecular weight excluding hydrogens is 471 g/mol. The van der Waals surface area contributed by atoms with Crippen LogP contribution in [0.4, 0.5) is 4.39 Å². The van der Waals surface area contributed by atoms with Crippen LogP contribution in [0.1, 0.15) is 45.1 Å². The van der Waals surface area contributed by atoms with Crippen molar-refractivity contribution in [1.82, 2.24) is 14.5 Å². The molecule has 1 aromatic heterocycles. The van der Waals surface area contributed by atoms with E-state index in [1.165, 1.54) is 0 Å². The predicted molar refractivity (Wildman–Crippen MR) is 144 cm³/mol. The van der Waals surface area contributed by atoms with Crippen LogP contribution >= 0.6 is 0 Å². The average Bonchev–Trinajstić information content (AvgIpc) is 3.29. The van der Waals surface area contributed by atoms with E-state index in [9.17, 15) is 9.18 Å². The summed E-state index contributed by atoms with van der Waals surface area (Å²) in [4.78, 5) is 20.0. The lowest BCUT2D eigenvalue weighted by Crippen LogP contribution is -2.47. The van der Waals surface area contributed by atoms with Crippen LogP contribution in [0, 0.1) is 5.41 Å². The number of nitrogens with zero attached hydrogens (tertiary/aromatic N) is 3. The van der Waals surface area contributed by atoms with Crippen molar-refractivity contribution in [3.63, 3.8) is 0 Å². The summed E-state index contributed by atoms with van der Waals surface area (Å²) in [5.41, 5.74) is 7.88. The van der Waals surface area contributed by atoms with E-state index in [-0.39, 0.29) is 25.6 Å². The summed E-state index contributed by atoms with van der Waals surface area (Å²) in [7, 11) is 1.63. The molecule has 37 heavy (non-hydrogen) atoms. The summed E-state index contributed by atoms with van der Waals surface area (Å²) in [5, 5.41) is 0. The fraction of sp³-hybridized carbons (Fsp3) is 0.448. The number of carbonyl (C=O) groups is 1. The van der Waals surface area contributed by atoms with Gasteiger partial charge in [-0.05, 0) is 30.0 Å². The van der Waals surface area contributed by atoms with Gasteiger partial charge in [-0.3, -0.25) is 4.79 Å². The van der Waals surface area contributed by atoms with E-state index in [1.807, 2.05) is 88.5 Å². The molecule has 0 spiro atoms. The maximum atomic E-state index is 14.7. The molecule has 1 heterocycles. The number of amides is 1. The highest BCUT2D eigenvalue weighted by molar-refractivity contribution is 5.78. The Morgan fingerprint density at radius 1 is 1.16 bits per heavy atom. The van der Waals surface area contributed by atoms with Gasteiger partial charge in [0.2, 0.25) is 5.91 Å². The molecule has 2 atom stereocenters. The van der Waals surface area contributed by atoms with E-state index < -0.39 is 17.6 Å². The van der Waals surface area contributed by atoms with E-state index in [2.05, 4.69) is 4.57 Å². The lowest BCUT2D eigenvalue weighted by atomic mass is 9.84. The Kier molecular flexibility index (Phi) is 9.83. The van der Waals surface area contributed by atoms with Crippen LogP contribution in [0.5, 0.6) is 5.75 Å². The molecule has 1 unspecified atom stereocenters. The van der Waals surface area contributed by atoms with Gasteiger partial charge in [0.1, 0.15) is 24.4 Å². The van der Waals surface area contributed by atoms with Crippen molar-refractivity contribution in [3.8, 4) is 17.0 Å². The second-order valence-corrected chi connectivity index (χ2v) is 10.1.